The molecule has 0 aromatic carbocycles. The molecule has 1 unspecified atom stereocenters. The lowest BCUT2D eigenvalue weighted by Crippen LogP contribution is -2.46. The third-order valence-corrected chi connectivity index (χ3v) is 4.18. The molecule has 1 N–H and O–H groups in total. The maximum atomic E-state index is 12.5. The lowest BCUT2D eigenvalue weighted by atomic mass is 9.97. The van der Waals surface area contributed by atoms with Crippen LogP contribution in [0.25, 0.3) is 11.5 Å². The fourth-order valence-corrected chi connectivity index (χ4v) is 2.89. The Kier molecular flexibility index (Phi) is 5.66. The molecule has 1 aliphatic heterocycles. The van der Waals surface area contributed by atoms with E-state index in [4.69, 9.17) is 13.8 Å². The minimum Gasteiger partial charge on any atom is -0.444 e. The summed E-state index contributed by atoms with van der Waals surface area (Å²) in [6, 6.07) is 1.69. The van der Waals surface area contributed by atoms with Gasteiger partial charge in [-0.2, -0.15) is 4.98 Å². The number of aryl methyl sites for hydroxylation is 1. The second-order valence-corrected chi connectivity index (χ2v) is 7.82. The summed E-state index contributed by atoms with van der Waals surface area (Å²) >= 11 is 0. The number of rotatable bonds is 4. The van der Waals surface area contributed by atoms with Crippen molar-refractivity contribution in [2.75, 3.05) is 13.1 Å². The van der Waals surface area contributed by atoms with Crippen LogP contribution in [0.1, 0.15) is 45.3 Å². The summed E-state index contributed by atoms with van der Waals surface area (Å²) in [5.74, 6) is 0.743. The van der Waals surface area contributed by atoms with E-state index in [1.807, 2.05) is 20.8 Å². The largest absolute Gasteiger partial charge is 0.444 e. The zero-order chi connectivity index (χ0) is 20.3. The highest BCUT2D eigenvalue weighted by Gasteiger charge is 2.31. The maximum Gasteiger partial charge on any atom is 0.410 e. The predicted octanol–water partition coefficient (Wildman–Crippen LogP) is 2.30. The Bertz CT molecular complexity index is 838. The van der Waals surface area contributed by atoms with Crippen molar-refractivity contribution in [3.63, 3.8) is 0 Å². The topological polar surface area (TPSA) is 124 Å². The summed E-state index contributed by atoms with van der Waals surface area (Å²) in [6.45, 7) is 8.24. The normalized spacial score (nSPS) is 17.4. The van der Waals surface area contributed by atoms with Gasteiger partial charge < -0.3 is 24.0 Å². The highest BCUT2D eigenvalue weighted by Crippen LogP contribution is 2.20. The molecule has 0 radical (unpaired) electrons. The van der Waals surface area contributed by atoms with Gasteiger partial charge >= 0.3 is 6.09 Å². The molecule has 1 atom stereocenters. The standard InChI is InChI=1S/C18H25N5O5/c1-11-8-13(21-27-11)15-20-14(28-22-15)9-19-16(24)12-6-5-7-23(10-12)17(25)26-18(2,3)4/h8,12H,5-7,9-10H2,1-4H3,(H,19,24). The molecule has 1 saturated heterocycles. The quantitative estimate of drug-likeness (QED) is 0.842. The fraction of sp³-hybridized carbons (Fsp3) is 0.611. The van der Waals surface area contributed by atoms with Crippen molar-refractivity contribution < 1.29 is 23.4 Å². The summed E-state index contributed by atoms with van der Waals surface area (Å²) in [4.78, 5) is 30.5. The first kappa shape index (κ1) is 19.8. The SMILES string of the molecule is Cc1cc(-c2noc(CNC(=O)C3CCCN(C(=O)OC(C)(C)C)C3)n2)no1. The van der Waals surface area contributed by atoms with Crippen LogP contribution in [0.15, 0.2) is 15.1 Å². The van der Waals surface area contributed by atoms with Crippen molar-refractivity contribution >= 4 is 12.0 Å². The van der Waals surface area contributed by atoms with Crippen molar-refractivity contribution in [3.8, 4) is 11.5 Å². The lowest BCUT2D eigenvalue weighted by molar-refractivity contribution is -0.126. The molecule has 152 valence electrons. The molecule has 10 nitrogen and oxygen atoms in total. The van der Waals surface area contributed by atoms with Gasteiger partial charge in [0.05, 0.1) is 12.5 Å². The van der Waals surface area contributed by atoms with Gasteiger partial charge in [-0.3, -0.25) is 4.79 Å². The summed E-state index contributed by atoms with van der Waals surface area (Å²) < 4.78 is 15.5. The molecule has 3 rings (SSSR count). The Morgan fingerprint density at radius 2 is 2.11 bits per heavy atom. The zero-order valence-electron chi connectivity index (χ0n) is 16.5. The Morgan fingerprint density at radius 3 is 2.79 bits per heavy atom. The van der Waals surface area contributed by atoms with Crippen LogP contribution in [0.2, 0.25) is 0 Å². The molecule has 1 fully saturated rings. The van der Waals surface area contributed by atoms with Crippen molar-refractivity contribution in [3.05, 3.63) is 17.7 Å². The average Bonchev–Trinajstić information content (AvgIpc) is 3.27. The minimum atomic E-state index is -0.565. The zero-order valence-corrected chi connectivity index (χ0v) is 16.5. The lowest BCUT2D eigenvalue weighted by Gasteiger charge is -2.33. The van der Waals surface area contributed by atoms with Gasteiger partial charge in [0.1, 0.15) is 11.4 Å². The first-order valence-electron chi connectivity index (χ1n) is 9.23. The second-order valence-electron chi connectivity index (χ2n) is 7.82. The maximum absolute atomic E-state index is 12.5. The van der Waals surface area contributed by atoms with Gasteiger partial charge in [0, 0.05) is 19.2 Å². The molecular formula is C18H25N5O5. The van der Waals surface area contributed by atoms with Crippen LogP contribution in [0.4, 0.5) is 4.79 Å². The Hall–Kier alpha value is -2.91. The van der Waals surface area contributed by atoms with Crippen LogP contribution >= 0.6 is 0 Å². The smallest absolute Gasteiger partial charge is 0.410 e. The number of likely N-dealkylation sites (tertiary alicyclic amines) is 1. The van der Waals surface area contributed by atoms with Gasteiger partial charge in [-0.05, 0) is 40.5 Å². The van der Waals surface area contributed by atoms with Crippen LogP contribution in [0.5, 0.6) is 0 Å². The van der Waals surface area contributed by atoms with Crippen LogP contribution in [0.3, 0.4) is 0 Å². The van der Waals surface area contributed by atoms with Gasteiger partial charge in [0.25, 0.3) is 0 Å². The number of ether oxygens (including phenoxy) is 1. The number of piperidine rings is 1. The first-order chi connectivity index (χ1) is 13.2. The van der Waals surface area contributed by atoms with E-state index in [-0.39, 0.29) is 24.3 Å². The van der Waals surface area contributed by atoms with E-state index in [1.165, 1.54) is 0 Å². The monoisotopic (exact) mass is 391 g/mol. The predicted molar refractivity (Wildman–Crippen MR) is 96.9 cm³/mol. The van der Waals surface area contributed by atoms with E-state index in [0.717, 1.165) is 6.42 Å². The average molecular weight is 391 g/mol. The number of nitrogens with zero attached hydrogens (tertiary/aromatic N) is 4. The number of amides is 2. The molecule has 10 heteroatoms. The van der Waals surface area contributed by atoms with E-state index in [9.17, 15) is 9.59 Å². The first-order valence-corrected chi connectivity index (χ1v) is 9.23. The third kappa shape index (κ3) is 5.08. The van der Waals surface area contributed by atoms with Gasteiger partial charge in [-0.15, -0.1) is 0 Å². The van der Waals surface area contributed by atoms with Crippen LogP contribution in [-0.4, -0.2) is 50.9 Å². The molecule has 0 aliphatic carbocycles. The van der Waals surface area contributed by atoms with Gasteiger partial charge in [-0.1, -0.05) is 10.3 Å². The molecule has 2 aromatic rings. The van der Waals surface area contributed by atoms with Gasteiger partial charge in [0.15, 0.2) is 5.69 Å². The number of hydrogen-bond donors (Lipinski definition) is 1. The Labute approximate surface area is 162 Å². The van der Waals surface area contributed by atoms with E-state index >= 15 is 0 Å². The summed E-state index contributed by atoms with van der Waals surface area (Å²) in [5.41, 5.74) is -0.0937. The molecule has 3 heterocycles. The number of carbonyl (C=O) groups is 2. The number of aromatic nitrogens is 3. The minimum absolute atomic E-state index is 0.103. The van der Waals surface area contributed by atoms with E-state index in [1.54, 1.807) is 17.9 Å². The third-order valence-electron chi connectivity index (χ3n) is 4.18. The highest BCUT2D eigenvalue weighted by atomic mass is 16.6. The Balaban J connectivity index is 1.52. The van der Waals surface area contributed by atoms with Crippen molar-refractivity contribution in [1.29, 1.82) is 0 Å². The molecule has 1 aliphatic rings. The molecule has 2 aromatic heterocycles. The molecule has 2 amide bonds. The van der Waals surface area contributed by atoms with Gasteiger partial charge in [-0.25, -0.2) is 4.79 Å². The number of nitrogens with one attached hydrogen (secondary N) is 1. The molecule has 0 bridgehead atoms. The van der Waals surface area contributed by atoms with Crippen molar-refractivity contribution in [1.82, 2.24) is 25.5 Å². The summed E-state index contributed by atoms with van der Waals surface area (Å²) in [7, 11) is 0. The summed E-state index contributed by atoms with van der Waals surface area (Å²) in [6.07, 6.45) is 1.06. The van der Waals surface area contributed by atoms with Crippen molar-refractivity contribution in [2.45, 2.75) is 52.7 Å². The van der Waals surface area contributed by atoms with Gasteiger partial charge in [0.2, 0.25) is 17.6 Å². The van der Waals surface area contributed by atoms with E-state index in [0.29, 0.717) is 36.8 Å². The van der Waals surface area contributed by atoms with Crippen LogP contribution in [0, 0.1) is 12.8 Å². The fourth-order valence-electron chi connectivity index (χ4n) is 2.89. The second kappa shape index (κ2) is 7.99. The Morgan fingerprint density at radius 1 is 1.32 bits per heavy atom. The molecule has 0 saturated carbocycles. The molecule has 0 spiro atoms. The number of hydrogen-bond acceptors (Lipinski definition) is 8. The van der Waals surface area contributed by atoms with Crippen LogP contribution < -0.4 is 5.32 Å². The van der Waals surface area contributed by atoms with E-state index < -0.39 is 11.7 Å². The number of carbonyl (C=O) groups excluding carboxylic acids is 2. The molecular weight excluding hydrogens is 366 g/mol. The molecule has 28 heavy (non-hydrogen) atoms. The highest BCUT2D eigenvalue weighted by molar-refractivity contribution is 5.80. The van der Waals surface area contributed by atoms with E-state index in [2.05, 4.69) is 20.6 Å². The summed E-state index contributed by atoms with van der Waals surface area (Å²) in [5, 5.41) is 10.4. The van der Waals surface area contributed by atoms with Crippen LogP contribution in [-0.2, 0) is 16.1 Å². The van der Waals surface area contributed by atoms with Crippen molar-refractivity contribution in [2.24, 2.45) is 5.92 Å².